The first kappa shape index (κ1) is 25.5. The Hall–Kier alpha value is -3.64. The van der Waals surface area contributed by atoms with Gasteiger partial charge in [0, 0.05) is 28.0 Å². The van der Waals surface area contributed by atoms with Crippen LogP contribution in [0.15, 0.2) is 66.4 Å². The zero-order valence-corrected chi connectivity index (χ0v) is 21.8. The number of aliphatic hydroxyl groups excluding tert-OH is 1. The Kier molecular flexibility index (Phi) is 6.92. The molecule has 3 aromatic rings. The van der Waals surface area contributed by atoms with E-state index in [1.807, 2.05) is 40.7 Å². The summed E-state index contributed by atoms with van der Waals surface area (Å²) in [6.45, 7) is 10.4. The van der Waals surface area contributed by atoms with Crippen molar-refractivity contribution in [2.24, 2.45) is 0 Å². The van der Waals surface area contributed by atoms with E-state index in [2.05, 4.69) is 4.98 Å². The number of Topliss-reactive ketones (excluding diaryl/α,β-unsaturated/α-hetero) is 1. The molecule has 1 atom stereocenters. The van der Waals surface area contributed by atoms with E-state index >= 15 is 0 Å². The van der Waals surface area contributed by atoms with Crippen molar-refractivity contribution in [1.29, 1.82) is 0 Å². The van der Waals surface area contributed by atoms with Gasteiger partial charge in [0.25, 0.3) is 11.7 Å². The molecule has 7 heteroatoms. The highest BCUT2D eigenvalue weighted by Gasteiger charge is 2.47. The van der Waals surface area contributed by atoms with Crippen molar-refractivity contribution < 1.29 is 19.4 Å². The van der Waals surface area contributed by atoms with Gasteiger partial charge in [0.15, 0.2) is 0 Å². The third kappa shape index (κ3) is 4.61. The van der Waals surface area contributed by atoms with E-state index in [1.54, 1.807) is 54.7 Å². The monoisotopic (exact) mass is 504 g/mol. The number of anilines is 1. The van der Waals surface area contributed by atoms with Crippen molar-refractivity contribution in [2.75, 3.05) is 11.5 Å². The molecule has 0 spiro atoms. The lowest BCUT2D eigenvalue weighted by Crippen LogP contribution is -2.29. The Bertz CT molecular complexity index is 1360. The molecule has 0 aliphatic carbocycles. The molecule has 1 aromatic heterocycles. The van der Waals surface area contributed by atoms with Crippen molar-refractivity contribution in [1.82, 2.24) is 4.98 Å². The maximum Gasteiger partial charge on any atom is 0.300 e. The summed E-state index contributed by atoms with van der Waals surface area (Å²) >= 11 is 6.35. The number of ether oxygens (including phenoxy) is 1. The molecule has 0 radical (unpaired) electrons. The van der Waals surface area contributed by atoms with E-state index in [1.165, 1.54) is 4.90 Å². The predicted molar refractivity (Wildman–Crippen MR) is 142 cm³/mol. The van der Waals surface area contributed by atoms with Crippen LogP contribution < -0.4 is 9.64 Å². The summed E-state index contributed by atoms with van der Waals surface area (Å²) in [6.07, 6.45) is 1.59. The SMILES string of the molecule is CCOc1ccc(/C(O)=C2/C(=O)C(=O)N(c3ccc(C)c(Cl)c3)C2c2ccccn2)cc1C(C)(C)C. The molecule has 1 N–H and O–H groups in total. The van der Waals surface area contributed by atoms with Crippen LogP contribution in [-0.4, -0.2) is 28.4 Å². The molecule has 0 saturated carbocycles. The van der Waals surface area contributed by atoms with Crippen LogP contribution in [0, 0.1) is 6.92 Å². The topological polar surface area (TPSA) is 79.7 Å². The summed E-state index contributed by atoms with van der Waals surface area (Å²) in [5, 5.41) is 12.0. The van der Waals surface area contributed by atoms with Crippen LogP contribution in [0.1, 0.15) is 56.1 Å². The second-order valence-corrected chi connectivity index (χ2v) is 10.2. The van der Waals surface area contributed by atoms with Crippen LogP contribution >= 0.6 is 11.6 Å². The minimum absolute atomic E-state index is 0.0283. The predicted octanol–water partition coefficient (Wildman–Crippen LogP) is 6.37. The Morgan fingerprint density at radius 2 is 1.86 bits per heavy atom. The highest BCUT2D eigenvalue weighted by molar-refractivity contribution is 6.51. The Balaban J connectivity index is 1.94. The number of pyridine rings is 1. The highest BCUT2D eigenvalue weighted by atomic mass is 35.5. The highest BCUT2D eigenvalue weighted by Crippen LogP contribution is 2.43. The number of halogens is 1. The van der Waals surface area contributed by atoms with Crippen LogP contribution in [0.3, 0.4) is 0 Å². The number of hydrogen-bond donors (Lipinski definition) is 1. The van der Waals surface area contributed by atoms with E-state index < -0.39 is 17.7 Å². The van der Waals surface area contributed by atoms with E-state index in [9.17, 15) is 14.7 Å². The van der Waals surface area contributed by atoms with Gasteiger partial charge < -0.3 is 9.84 Å². The normalized spacial score (nSPS) is 17.5. The van der Waals surface area contributed by atoms with Gasteiger partial charge in [0.05, 0.1) is 17.9 Å². The minimum atomic E-state index is -0.922. The van der Waals surface area contributed by atoms with Crippen molar-refractivity contribution in [2.45, 2.75) is 46.1 Å². The number of carbonyl (C=O) groups is 2. The summed E-state index contributed by atoms with van der Waals surface area (Å²) < 4.78 is 5.80. The fraction of sp³-hybridized carbons (Fsp3) is 0.276. The van der Waals surface area contributed by atoms with Crippen LogP contribution in [-0.2, 0) is 15.0 Å². The number of benzene rings is 2. The lowest BCUT2D eigenvalue weighted by atomic mass is 9.84. The van der Waals surface area contributed by atoms with E-state index in [0.717, 1.165) is 11.1 Å². The smallest absolute Gasteiger partial charge is 0.300 e. The lowest BCUT2D eigenvalue weighted by Gasteiger charge is -2.25. The van der Waals surface area contributed by atoms with E-state index in [-0.39, 0.29) is 16.7 Å². The molecule has 2 aromatic carbocycles. The van der Waals surface area contributed by atoms with Gasteiger partial charge in [-0.15, -0.1) is 0 Å². The minimum Gasteiger partial charge on any atom is -0.507 e. The standard InChI is InChI=1S/C29H29ClN2O4/c1-6-36-23-13-11-18(15-20(23)29(3,4)5)26(33)24-25(22-9-7-8-14-31-22)32(28(35)27(24)34)19-12-10-17(2)21(30)16-19/h7-16,25,33H,6H2,1-5H3/b26-24-. The maximum absolute atomic E-state index is 13.4. The maximum atomic E-state index is 13.4. The average molecular weight is 505 g/mol. The third-order valence-electron chi connectivity index (χ3n) is 6.21. The zero-order valence-electron chi connectivity index (χ0n) is 21.0. The zero-order chi connectivity index (χ0) is 26.2. The molecule has 1 amide bonds. The van der Waals surface area contributed by atoms with Gasteiger partial charge >= 0.3 is 0 Å². The van der Waals surface area contributed by atoms with Gasteiger partial charge in [0.2, 0.25) is 0 Å². The number of aliphatic hydroxyl groups is 1. The molecule has 2 heterocycles. The summed E-state index contributed by atoms with van der Waals surface area (Å²) in [6, 6.07) is 14.8. The van der Waals surface area contributed by atoms with E-state index in [0.29, 0.717) is 34.3 Å². The second kappa shape index (κ2) is 9.78. The molecule has 1 saturated heterocycles. The summed E-state index contributed by atoms with van der Waals surface area (Å²) in [7, 11) is 0. The van der Waals surface area contributed by atoms with Gasteiger partial charge in [-0.2, -0.15) is 0 Å². The molecule has 186 valence electrons. The molecular formula is C29H29ClN2O4. The Morgan fingerprint density at radius 3 is 2.47 bits per heavy atom. The number of carbonyl (C=O) groups excluding carboxylic acids is 2. The first-order chi connectivity index (χ1) is 17.0. The summed E-state index contributed by atoms with van der Waals surface area (Å²) in [5.74, 6) is -1.10. The van der Waals surface area contributed by atoms with Gasteiger partial charge in [-0.25, -0.2) is 0 Å². The number of aryl methyl sites for hydroxylation is 1. The molecule has 4 rings (SSSR count). The van der Waals surface area contributed by atoms with Crippen LogP contribution in [0.5, 0.6) is 5.75 Å². The number of ketones is 1. The Labute approximate surface area is 216 Å². The molecule has 1 unspecified atom stereocenters. The molecule has 36 heavy (non-hydrogen) atoms. The van der Waals surface area contributed by atoms with Crippen molar-refractivity contribution in [3.8, 4) is 5.75 Å². The first-order valence-electron chi connectivity index (χ1n) is 11.8. The fourth-order valence-corrected chi connectivity index (χ4v) is 4.52. The summed E-state index contributed by atoms with van der Waals surface area (Å²) in [4.78, 5) is 32.5. The number of hydrogen-bond acceptors (Lipinski definition) is 5. The molecule has 1 aliphatic heterocycles. The van der Waals surface area contributed by atoms with Gasteiger partial charge in [-0.05, 0) is 67.3 Å². The van der Waals surface area contributed by atoms with Crippen molar-refractivity contribution >= 4 is 34.7 Å². The largest absolute Gasteiger partial charge is 0.507 e. The summed E-state index contributed by atoms with van der Waals surface area (Å²) in [5.41, 5.74) is 2.73. The van der Waals surface area contributed by atoms with Crippen molar-refractivity contribution in [3.63, 3.8) is 0 Å². The van der Waals surface area contributed by atoms with Gasteiger partial charge in [0.1, 0.15) is 17.6 Å². The second-order valence-electron chi connectivity index (χ2n) is 9.75. The fourth-order valence-electron chi connectivity index (χ4n) is 4.35. The van der Waals surface area contributed by atoms with Gasteiger partial charge in [-0.3, -0.25) is 19.5 Å². The molecule has 1 fully saturated rings. The van der Waals surface area contributed by atoms with E-state index in [4.69, 9.17) is 16.3 Å². The molecule has 1 aliphatic rings. The number of nitrogens with zero attached hydrogens (tertiary/aromatic N) is 2. The molecule has 0 bridgehead atoms. The number of amides is 1. The molecular weight excluding hydrogens is 476 g/mol. The number of rotatable bonds is 5. The van der Waals surface area contributed by atoms with Gasteiger partial charge in [-0.1, -0.05) is 44.5 Å². The van der Waals surface area contributed by atoms with Crippen molar-refractivity contribution in [3.05, 3.63) is 93.8 Å². The molecule has 6 nitrogen and oxygen atoms in total. The third-order valence-corrected chi connectivity index (χ3v) is 6.61. The number of aromatic nitrogens is 1. The van der Waals surface area contributed by atoms with Crippen LogP contribution in [0.25, 0.3) is 5.76 Å². The average Bonchev–Trinajstić information content (AvgIpc) is 3.11. The quantitative estimate of drug-likeness (QED) is 0.248. The van der Waals surface area contributed by atoms with Crippen LogP contribution in [0.2, 0.25) is 5.02 Å². The van der Waals surface area contributed by atoms with Crippen LogP contribution in [0.4, 0.5) is 5.69 Å². The first-order valence-corrected chi connectivity index (χ1v) is 12.2. The lowest BCUT2D eigenvalue weighted by molar-refractivity contribution is -0.132. The Morgan fingerprint density at radius 1 is 1.11 bits per heavy atom.